The van der Waals surface area contributed by atoms with Gasteiger partial charge in [-0.05, 0) is 53.9 Å². The van der Waals surface area contributed by atoms with Gasteiger partial charge in [0.1, 0.15) is 0 Å². The molecule has 0 saturated carbocycles. The summed E-state index contributed by atoms with van der Waals surface area (Å²) in [6.45, 7) is 1.10. The van der Waals surface area contributed by atoms with Crippen LogP contribution in [0.15, 0.2) is 18.2 Å². The standard InChI is InChI=1S/C20H21NO5/c1-21-5-4-10-6-15-20(26-9-25-15)17-11-7-13(23-2)14(24-3)8-12(11)19(22)18(21)16(10)17/h6-8,18-19,22H,4-5,9H2,1-3H3/t18-,19-/m1/s1. The van der Waals surface area contributed by atoms with Crippen LogP contribution in [-0.2, 0) is 6.42 Å². The van der Waals surface area contributed by atoms with Crippen molar-refractivity contribution in [3.05, 3.63) is 34.9 Å². The molecule has 2 aliphatic heterocycles. The van der Waals surface area contributed by atoms with Gasteiger partial charge in [-0.15, -0.1) is 0 Å². The van der Waals surface area contributed by atoms with Gasteiger partial charge in [-0.25, -0.2) is 0 Å². The topological polar surface area (TPSA) is 60.4 Å². The Labute approximate surface area is 151 Å². The van der Waals surface area contributed by atoms with Gasteiger partial charge in [0.15, 0.2) is 23.0 Å². The van der Waals surface area contributed by atoms with Gasteiger partial charge in [0, 0.05) is 12.1 Å². The fourth-order valence-electron chi connectivity index (χ4n) is 4.50. The normalized spacial score (nSPS) is 22.6. The fourth-order valence-corrected chi connectivity index (χ4v) is 4.50. The number of hydrogen-bond acceptors (Lipinski definition) is 6. The zero-order valence-electron chi connectivity index (χ0n) is 15.0. The Bertz CT molecular complexity index is 910. The number of aliphatic hydroxyl groups is 1. The Kier molecular flexibility index (Phi) is 3.36. The van der Waals surface area contributed by atoms with Gasteiger partial charge in [0.25, 0.3) is 0 Å². The van der Waals surface area contributed by atoms with Crippen LogP contribution < -0.4 is 18.9 Å². The van der Waals surface area contributed by atoms with Gasteiger partial charge in [-0.3, -0.25) is 4.90 Å². The molecule has 1 aliphatic carbocycles. The van der Waals surface area contributed by atoms with E-state index in [0.29, 0.717) is 11.5 Å². The molecule has 2 aromatic rings. The maximum atomic E-state index is 11.2. The van der Waals surface area contributed by atoms with E-state index in [4.69, 9.17) is 18.9 Å². The van der Waals surface area contributed by atoms with E-state index in [1.807, 2.05) is 12.1 Å². The highest BCUT2D eigenvalue weighted by atomic mass is 16.7. The monoisotopic (exact) mass is 355 g/mol. The zero-order valence-corrected chi connectivity index (χ0v) is 15.0. The minimum atomic E-state index is -0.651. The van der Waals surface area contributed by atoms with Crippen molar-refractivity contribution in [1.82, 2.24) is 4.90 Å². The van der Waals surface area contributed by atoms with Crippen LogP contribution in [0.5, 0.6) is 23.0 Å². The molecule has 2 heterocycles. The van der Waals surface area contributed by atoms with Gasteiger partial charge in [0.2, 0.25) is 6.79 Å². The predicted octanol–water partition coefficient (Wildman–Crippen LogP) is 2.68. The number of hydrogen-bond donors (Lipinski definition) is 1. The van der Waals surface area contributed by atoms with E-state index in [2.05, 4.69) is 18.0 Å². The van der Waals surface area contributed by atoms with Crippen molar-refractivity contribution in [2.24, 2.45) is 0 Å². The Morgan fingerprint density at radius 2 is 1.88 bits per heavy atom. The highest BCUT2D eigenvalue weighted by Crippen LogP contribution is 2.57. The number of ether oxygens (including phenoxy) is 4. The molecule has 0 aromatic heterocycles. The molecule has 0 unspecified atom stereocenters. The lowest BCUT2D eigenvalue weighted by molar-refractivity contribution is 0.0541. The summed E-state index contributed by atoms with van der Waals surface area (Å²) in [4.78, 5) is 2.21. The van der Waals surface area contributed by atoms with Gasteiger partial charge in [-0.1, -0.05) is 0 Å². The molecule has 6 heteroatoms. The highest BCUT2D eigenvalue weighted by molar-refractivity contribution is 5.85. The smallest absolute Gasteiger partial charge is 0.231 e. The van der Waals surface area contributed by atoms with Crippen LogP contribution in [0.1, 0.15) is 28.8 Å². The third kappa shape index (κ3) is 1.94. The second kappa shape index (κ2) is 5.53. The molecule has 0 saturated heterocycles. The van der Waals surface area contributed by atoms with Crippen LogP contribution >= 0.6 is 0 Å². The molecule has 0 amide bonds. The largest absolute Gasteiger partial charge is 0.493 e. The van der Waals surface area contributed by atoms with E-state index in [1.165, 1.54) is 5.56 Å². The number of aliphatic hydroxyl groups excluding tert-OH is 1. The first-order valence-electron chi connectivity index (χ1n) is 8.74. The molecule has 0 bridgehead atoms. The number of methoxy groups -OCH3 is 2. The number of fused-ring (bicyclic) bond motifs is 4. The molecular formula is C20H21NO5. The van der Waals surface area contributed by atoms with Gasteiger partial charge in [0.05, 0.1) is 26.4 Å². The molecule has 3 aliphatic rings. The lowest BCUT2D eigenvalue weighted by atomic mass is 9.75. The van der Waals surface area contributed by atoms with Crippen molar-refractivity contribution in [2.75, 3.05) is 34.6 Å². The molecule has 6 nitrogen and oxygen atoms in total. The zero-order chi connectivity index (χ0) is 18.0. The summed E-state index contributed by atoms with van der Waals surface area (Å²) >= 11 is 0. The average Bonchev–Trinajstić information content (AvgIpc) is 3.12. The Hall–Kier alpha value is -2.44. The summed E-state index contributed by atoms with van der Waals surface area (Å²) in [5, 5.41) is 11.2. The highest BCUT2D eigenvalue weighted by Gasteiger charge is 2.42. The minimum absolute atomic E-state index is 0.117. The van der Waals surface area contributed by atoms with Crippen LogP contribution in [-0.4, -0.2) is 44.6 Å². The predicted molar refractivity (Wildman–Crippen MR) is 95.1 cm³/mol. The Balaban J connectivity index is 1.87. The summed E-state index contributed by atoms with van der Waals surface area (Å²) in [6.07, 6.45) is 0.267. The summed E-state index contributed by atoms with van der Waals surface area (Å²) in [5.41, 5.74) is 5.10. The summed E-state index contributed by atoms with van der Waals surface area (Å²) in [6, 6.07) is 5.76. The lowest BCUT2D eigenvalue weighted by Crippen LogP contribution is -2.38. The first kappa shape index (κ1) is 15.8. The molecule has 26 heavy (non-hydrogen) atoms. The molecule has 2 atom stereocenters. The molecule has 2 aromatic carbocycles. The van der Waals surface area contributed by atoms with E-state index >= 15 is 0 Å². The van der Waals surface area contributed by atoms with E-state index in [0.717, 1.165) is 46.7 Å². The minimum Gasteiger partial charge on any atom is -0.493 e. The fraction of sp³-hybridized carbons (Fsp3) is 0.400. The first-order chi connectivity index (χ1) is 12.6. The van der Waals surface area contributed by atoms with Crippen molar-refractivity contribution in [3.8, 4) is 34.1 Å². The SMILES string of the molecule is COc1cc2c(cc1OC)[C@@H](O)[C@H]1c3c(cc4c(c3-2)OCO4)CCN1C. The Morgan fingerprint density at radius 3 is 2.65 bits per heavy atom. The van der Waals surface area contributed by atoms with Crippen molar-refractivity contribution < 1.29 is 24.1 Å². The van der Waals surface area contributed by atoms with Gasteiger partial charge in [-0.2, -0.15) is 0 Å². The third-order valence-electron chi connectivity index (χ3n) is 5.74. The summed E-state index contributed by atoms with van der Waals surface area (Å²) < 4.78 is 22.5. The molecule has 136 valence electrons. The van der Waals surface area contributed by atoms with Crippen LogP contribution in [0.4, 0.5) is 0 Å². The molecule has 0 spiro atoms. The third-order valence-corrected chi connectivity index (χ3v) is 5.74. The maximum Gasteiger partial charge on any atom is 0.231 e. The van der Waals surface area contributed by atoms with Gasteiger partial charge < -0.3 is 24.1 Å². The number of nitrogens with zero attached hydrogens (tertiary/aromatic N) is 1. The Morgan fingerprint density at radius 1 is 1.12 bits per heavy atom. The lowest BCUT2D eigenvalue weighted by Gasteiger charge is -2.42. The van der Waals surface area contributed by atoms with Crippen LogP contribution in [0.2, 0.25) is 0 Å². The molecular weight excluding hydrogens is 334 g/mol. The van der Waals surface area contributed by atoms with Gasteiger partial charge >= 0.3 is 0 Å². The van der Waals surface area contributed by atoms with E-state index in [-0.39, 0.29) is 12.8 Å². The van der Waals surface area contributed by atoms with Crippen molar-refractivity contribution >= 4 is 0 Å². The van der Waals surface area contributed by atoms with E-state index in [9.17, 15) is 5.11 Å². The number of likely N-dealkylation sites (N-methyl/N-ethyl adjacent to an activating group) is 1. The van der Waals surface area contributed by atoms with Crippen LogP contribution in [0.25, 0.3) is 11.1 Å². The molecule has 0 radical (unpaired) electrons. The maximum absolute atomic E-state index is 11.2. The second-order valence-electron chi connectivity index (χ2n) is 6.97. The molecule has 5 rings (SSSR count). The second-order valence-corrected chi connectivity index (χ2v) is 6.97. The van der Waals surface area contributed by atoms with Crippen molar-refractivity contribution in [2.45, 2.75) is 18.6 Å². The van der Waals surface area contributed by atoms with E-state index in [1.54, 1.807) is 14.2 Å². The first-order valence-corrected chi connectivity index (χ1v) is 8.74. The number of rotatable bonds is 2. The van der Waals surface area contributed by atoms with Crippen molar-refractivity contribution in [3.63, 3.8) is 0 Å². The summed E-state index contributed by atoms with van der Waals surface area (Å²) in [5.74, 6) is 2.77. The number of benzene rings is 2. The quantitative estimate of drug-likeness (QED) is 0.894. The van der Waals surface area contributed by atoms with Crippen LogP contribution in [0.3, 0.4) is 0 Å². The average molecular weight is 355 g/mol. The van der Waals surface area contributed by atoms with Crippen molar-refractivity contribution in [1.29, 1.82) is 0 Å². The molecule has 1 N–H and O–H groups in total. The summed E-state index contributed by atoms with van der Waals surface area (Å²) in [7, 11) is 5.27. The molecule has 0 fully saturated rings. The van der Waals surface area contributed by atoms with E-state index < -0.39 is 6.10 Å². The van der Waals surface area contributed by atoms with Crippen LogP contribution in [0, 0.1) is 0 Å².